The Morgan fingerprint density at radius 2 is 1.91 bits per heavy atom. The summed E-state index contributed by atoms with van der Waals surface area (Å²) >= 11 is 0. The highest BCUT2D eigenvalue weighted by molar-refractivity contribution is 5.89. The van der Waals surface area contributed by atoms with Gasteiger partial charge in [-0.2, -0.15) is 0 Å². The van der Waals surface area contributed by atoms with Crippen molar-refractivity contribution in [1.82, 2.24) is 0 Å². The average molecular weight is 308 g/mol. The van der Waals surface area contributed by atoms with E-state index in [0.717, 1.165) is 18.4 Å². The van der Waals surface area contributed by atoms with Crippen molar-refractivity contribution < 1.29 is 20.5 Å². The van der Waals surface area contributed by atoms with E-state index >= 15 is 0 Å². The number of hydrogen-bond acceptors (Lipinski definition) is 4. The minimum absolute atomic E-state index is 0. The minimum Gasteiger partial charge on any atom is -0.469 e. The summed E-state index contributed by atoms with van der Waals surface area (Å²) in [5.41, 5.74) is 1.67. The van der Waals surface area contributed by atoms with E-state index in [4.69, 9.17) is 4.74 Å². The van der Waals surface area contributed by atoms with Gasteiger partial charge in [-0.3, -0.25) is 4.79 Å². The van der Waals surface area contributed by atoms with Crippen molar-refractivity contribution in [2.45, 2.75) is 39.5 Å². The lowest BCUT2D eigenvalue weighted by Crippen LogP contribution is -2.22. The molecule has 0 spiro atoms. The van der Waals surface area contributed by atoms with Crippen molar-refractivity contribution in [3.63, 3.8) is 0 Å². The summed E-state index contributed by atoms with van der Waals surface area (Å²) in [5, 5.41) is 0. The highest BCUT2D eigenvalue weighted by Crippen LogP contribution is 2.28. The molecule has 0 heterocycles. The zero-order valence-corrected chi connectivity index (χ0v) is 13.9. The number of esters is 2. The van der Waals surface area contributed by atoms with Crippen LogP contribution in [0, 0.1) is 18.8 Å². The normalized spacial score (nSPS) is 20.4. The zero-order valence-electron chi connectivity index (χ0n) is 13.9. The van der Waals surface area contributed by atoms with Crippen LogP contribution in [-0.4, -0.2) is 26.2 Å². The van der Waals surface area contributed by atoms with E-state index in [1.54, 1.807) is 12.1 Å². The first-order chi connectivity index (χ1) is 10.5. The van der Waals surface area contributed by atoms with Gasteiger partial charge in [0.05, 0.1) is 25.7 Å². The molecule has 2 unspecified atom stereocenters. The first kappa shape index (κ1) is 18.2. The maximum Gasteiger partial charge on any atom is 0.337 e. The Morgan fingerprint density at radius 3 is 2.45 bits per heavy atom. The number of ether oxygens (including phenoxy) is 2. The van der Waals surface area contributed by atoms with Crippen LogP contribution in [0.25, 0.3) is 0 Å². The third-order valence-corrected chi connectivity index (χ3v) is 3.91. The molecule has 4 heteroatoms. The van der Waals surface area contributed by atoms with Gasteiger partial charge in [-0.05, 0) is 37.8 Å². The van der Waals surface area contributed by atoms with Gasteiger partial charge in [-0.25, -0.2) is 4.79 Å². The smallest absolute Gasteiger partial charge is 0.337 e. The number of hydrogen-bond donors (Lipinski definition) is 0. The highest BCUT2D eigenvalue weighted by atomic mass is 16.5. The van der Waals surface area contributed by atoms with Crippen molar-refractivity contribution in [1.29, 1.82) is 0 Å². The summed E-state index contributed by atoms with van der Waals surface area (Å²) in [5.74, 6) is 0.585. The van der Waals surface area contributed by atoms with Crippen LogP contribution in [-0.2, 0) is 14.3 Å². The van der Waals surface area contributed by atoms with Crippen LogP contribution in [0.3, 0.4) is 0 Å². The molecule has 0 radical (unpaired) electrons. The van der Waals surface area contributed by atoms with Crippen molar-refractivity contribution in [3.8, 4) is 0 Å². The van der Waals surface area contributed by atoms with E-state index in [-0.39, 0.29) is 19.3 Å². The van der Waals surface area contributed by atoms with Crippen molar-refractivity contribution in [2.24, 2.45) is 11.8 Å². The van der Waals surface area contributed by atoms with Crippen LogP contribution in [0.4, 0.5) is 0 Å². The fourth-order valence-electron chi connectivity index (χ4n) is 2.70. The predicted molar refractivity (Wildman–Crippen MR) is 87.8 cm³/mol. The topological polar surface area (TPSA) is 52.6 Å². The van der Waals surface area contributed by atoms with Crippen LogP contribution in [0.5, 0.6) is 0 Å². The highest BCUT2D eigenvalue weighted by Gasteiger charge is 2.25. The molecule has 4 nitrogen and oxygen atoms in total. The Balaban J connectivity index is 0.000000403. The summed E-state index contributed by atoms with van der Waals surface area (Å²) in [4.78, 5) is 22.0. The lowest BCUT2D eigenvalue weighted by atomic mass is 9.82. The van der Waals surface area contributed by atoms with Crippen LogP contribution in [0.1, 0.15) is 50.0 Å². The van der Waals surface area contributed by atoms with Crippen molar-refractivity contribution >= 4 is 11.9 Å². The molecule has 0 aromatic heterocycles. The van der Waals surface area contributed by atoms with Crippen LogP contribution in [0.15, 0.2) is 24.3 Å². The van der Waals surface area contributed by atoms with E-state index in [0.29, 0.717) is 11.5 Å². The molecule has 0 aliphatic heterocycles. The van der Waals surface area contributed by atoms with E-state index < -0.39 is 0 Å². The first-order valence-electron chi connectivity index (χ1n) is 7.70. The van der Waals surface area contributed by atoms with Crippen LogP contribution >= 0.6 is 0 Å². The van der Waals surface area contributed by atoms with Gasteiger partial charge in [0.2, 0.25) is 0 Å². The Labute approximate surface area is 134 Å². The number of rotatable bonds is 2. The lowest BCUT2D eigenvalue weighted by molar-refractivity contribution is -0.147. The summed E-state index contributed by atoms with van der Waals surface area (Å²) < 4.78 is 9.25. The summed E-state index contributed by atoms with van der Waals surface area (Å²) in [6.45, 7) is 4.14. The molecule has 0 saturated heterocycles. The van der Waals surface area contributed by atoms with Crippen LogP contribution in [0.2, 0.25) is 0 Å². The Hall–Kier alpha value is -1.84. The third-order valence-electron chi connectivity index (χ3n) is 3.91. The lowest BCUT2D eigenvalue weighted by Gasteiger charge is -2.24. The van der Waals surface area contributed by atoms with Gasteiger partial charge < -0.3 is 9.47 Å². The van der Waals surface area contributed by atoms with Gasteiger partial charge in [0.15, 0.2) is 0 Å². The summed E-state index contributed by atoms with van der Waals surface area (Å²) in [6, 6.07) is 7.30. The third kappa shape index (κ3) is 5.88. The fraction of sp³-hybridized carbons (Fsp3) is 0.556. The van der Waals surface area contributed by atoms with E-state index in [1.807, 2.05) is 19.1 Å². The Morgan fingerprint density at radius 1 is 1.18 bits per heavy atom. The molecule has 1 aromatic carbocycles. The molecule has 1 fully saturated rings. The minimum atomic E-state index is -0.284. The second kappa shape index (κ2) is 9.23. The number of benzene rings is 1. The Bertz CT molecular complexity index is 502. The molecule has 1 aromatic rings. The maximum absolute atomic E-state index is 11.1. The molecular weight excluding hydrogens is 280 g/mol. The van der Waals surface area contributed by atoms with E-state index in [1.165, 1.54) is 27.1 Å². The molecule has 0 amide bonds. The predicted octanol–water partition coefficient (Wildman–Crippen LogP) is 4.01. The largest absolute Gasteiger partial charge is 0.469 e. The molecule has 1 aliphatic carbocycles. The van der Waals surface area contributed by atoms with Gasteiger partial charge in [-0.15, -0.1) is 0 Å². The molecular formula is C18H28O4. The van der Waals surface area contributed by atoms with Gasteiger partial charge in [0, 0.05) is 1.43 Å². The quantitative estimate of drug-likeness (QED) is 0.775. The second-order valence-corrected chi connectivity index (χ2v) is 5.85. The molecule has 2 rings (SSSR count). The number of methoxy groups -OCH3 is 2. The number of carbonyl (C=O) groups is 2. The Kier molecular flexibility index (Phi) is 7.64. The van der Waals surface area contributed by atoms with Gasteiger partial charge in [0.25, 0.3) is 0 Å². The molecule has 1 aliphatic rings. The standard InChI is InChI=1S/C9H16O2.C9H10O2.H2/c2*1-7-4-3-5-8(6-7)9(10)11-2;/h7-8H,3-6H2,1-2H3;3-6H,1-2H3;1H. The monoisotopic (exact) mass is 308 g/mol. The van der Waals surface area contributed by atoms with Crippen molar-refractivity contribution in [3.05, 3.63) is 35.4 Å². The van der Waals surface area contributed by atoms with E-state index in [2.05, 4.69) is 11.7 Å². The molecule has 124 valence electrons. The summed E-state index contributed by atoms with van der Waals surface area (Å²) in [6.07, 6.45) is 4.50. The number of carbonyl (C=O) groups excluding carboxylic acids is 2. The number of aryl methyl sites for hydroxylation is 1. The summed E-state index contributed by atoms with van der Waals surface area (Å²) in [7, 11) is 2.85. The average Bonchev–Trinajstić information content (AvgIpc) is 2.54. The molecule has 22 heavy (non-hydrogen) atoms. The van der Waals surface area contributed by atoms with Gasteiger partial charge in [-0.1, -0.05) is 37.5 Å². The van der Waals surface area contributed by atoms with Crippen molar-refractivity contribution in [2.75, 3.05) is 14.2 Å². The zero-order chi connectivity index (χ0) is 16.5. The maximum atomic E-state index is 11.1. The second-order valence-electron chi connectivity index (χ2n) is 5.85. The van der Waals surface area contributed by atoms with Gasteiger partial charge in [0.1, 0.15) is 0 Å². The van der Waals surface area contributed by atoms with Crippen LogP contribution < -0.4 is 0 Å². The fourth-order valence-corrected chi connectivity index (χ4v) is 2.70. The first-order valence-corrected chi connectivity index (χ1v) is 7.70. The molecule has 0 N–H and O–H groups in total. The molecule has 1 saturated carbocycles. The SMILES string of the molecule is COC(=O)C1CCCC(C)C1.COC(=O)c1cccc(C)c1.[HH]. The molecule has 0 bridgehead atoms. The van der Waals surface area contributed by atoms with Gasteiger partial charge >= 0.3 is 11.9 Å². The van der Waals surface area contributed by atoms with E-state index in [9.17, 15) is 9.59 Å². The molecule has 2 atom stereocenters.